The highest BCUT2D eigenvalue weighted by molar-refractivity contribution is 6.04. The zero-order valence-corrected chi connectivity index (χ0v) is 16.2. The Balaban J connectivity index is 1.59. The molecule has 0 spiro atoms. The van der Waals surface area contributed by atoms with Crippen LogP contribution in [0, 0.1) is 0 Å². The molecule has 4 rings (SSSR count). The summed E-state index contributed by atoms with van der Waals surface area (Å²) in [5.41, 5.74) is 2.39. The molecule has 1 fully saturated rings. The van der Waals surface area contributed by atoms with Gasteiger partial charge in [0.25, 0.3) is 5.91 Å². The molecule has 0 radical (unpaired) electrons. The predicted molar refractivity (Wildman–Crippen MR) is 107 cm³/mol. The van der Waals surface area contributed by atoms with Crippen molar-refractivity contribution in [3.05, 3.63) is 65.2 Å². The van der Waals surface area contributed by atoms with E-state index in [1.807, 2.05) is 48.5 Å². The van der Waals surface area contributed by atoms with Gasteiger partial charge in [-0.3, -0.25) is 9.59 Å². The Hall–Kier alpha value is -2.82. The second kappa shape index (κ2) is 8.05. The van der Waals surface area contributed by atoms with E-state index in [4.69, 9.17) is 4.74 Å². The van der Waals surface area contributed by atoms with Crippen LogP contribution in [-0.2, 0) is 11.3 Å². The molecule has 1 aliphatic heterocycles. The highest BCUT2D eigenvalue weighted by Crippen LogP contribution is 2.35. The minimum Gasteiger partial charge on any atom is -0.497 e. The lowest BCUT2D eigenvalue weighted by molar-refractivity contribution is -0.126. The van der Waals surface area contributed by atoms with Crippen LogP contribution in [0.25, 0.3) is 0 Å². The van der Waals surface area contributed by atoms with E-state index in [0.717, 1.165) is 42.6 Å². The number of methoxy groups -OCH3 is 1. The summed E-state index contributed by atoms with van der Waals surface area (Å²) < 4.78 is 5.21. The van der Waals surface area contributed by atoms with Gasteiger partial charge in [-0.25, -0.2) is 0 Å². The molecule has 1 heterocycles. The lowest BCUT2D eigenvalue weighted by atomic mass is 9.95. The number of ether oxygens (including phenoxy) is 1. The number of benzene rings is 2. The van der Waals surface area contributed by atoms with Crippen LogP contribution in [-0.4, -0.2) is 29.9 Å². The number of hydrogen-bond acceptors (Lipinski definition) is 3. The number of rotatable bonds is 5. The van der Waals surface area contributed by atoms with Gasteiger partial charge in [-0.2, -0.15) is 0 Å². The van der Waals surface area contributed by atoms with Crippen LogP contribution in [0.2, 0.25) is 0 Å². The summed E-state index contributed by atoms with van der Waals surface area (Å²) in [5.74, 6) is 0.611. The Bertz CT molecular complexity index is 856. The van der Waals surface area contributed by atoms with Crippen molar-refractivity contribution in [1.29, 1.82) is 0 Å². The molecule has 28 heavy (non-hydrogen) atoms. The van der Waals surface area contributed by atoms with Gasteiger partial charge in [0, 0.05) is 18.2 Å². The Kier molecular flexibility index (Phi) is 5.33. The molecule has 1 aliphatic carbocycles. The van der Waals surface area contributed by atoms with Gasteiger partial charge >= 0.3 is 0 Å². The molecule has 0 bridgehead atoms. The van der Waals surface area contributed by atoms with Gasteiger partial charge < -0.3 is 15.0 Å². The minimum absolute atomic E-state index is 0.0706. The van der Waals surface area contributed by atoms with Crippen LogP contribution in [0.4, 0.5) is 0 Å². The summed E-state index contributed by atoms with van der Waals surface area (Å²) in [6.45, 7) is 0.389. The molecule has 2 aromatic rings. The van der Waals surface area contributed by atoms with Gasteiger partial charge in [0.1, 0.15) is 11.8 Å². The number of carbonyl (C=O) groups excluding carboxylic acids is 2. The highest BCUT2D eigenvalue weighted by atomic mass is 16.5. The van der Waals surface area contributed by atoms with Crippen molar-refractivity contribution >= 4 is 11.8 Å². The maximum Gasteiger partial charge on any atom is 0.255 e. The van der Waals surface area contributed by atoms with E-state index in [1.165, 1.54) is 6.42 Å². The zero-order chi connectivity index (χ0) is 19.5. The Labute approximate surface area is 165 Å². The topological polar surface area (TPSA) is 58.6 Å². The fourth-order valence-corrected chi connectivity index (χ4v) is 4.27. The number of fused-ring (bicyclic) bond motifs is 1. The van der Waals surface area contributed by atoms with Gasteiger partial charge in [0.05, 0.1) is 7.11 Å². The third-order valence-corrected chi connectivity index (χ3v) is 5.77. The first-order chi connectivity index (χ1) is 13.7. The summed E-state index contributed by atoms with van der Waals surface area (Å²) in [6.07, 6.45) is 5.58. The normalized spacial score (nSPS) is 19.4. The summed E-state index contributed by atoms with van der Waals surface area (Å²) in [5, 5.41) is 3.20. The summed E-state index contributed by atoms with van der Waals surface area (Å²) >= 11 is 0. The predicted octanol–water partition coefficient (Wildman–Crippen LogP) is 3.84. The van der Waals surface area contributed by atoms with Crippen LogP contribution < -0.4 is 10.1 Å². The number of amides is 2. The Morgan fingerprint density at radius 3 is 2.50 bits per heavy atom. The lowest BCUT2D eigenvalue weighted by Crippen LogP contribution is -2.43. The van der Waals surface area contributed by atoms with Gasteiger partial charge in [-0.1, -0.05) is 49.6 Å². The second-order valence-corrected chi connectivity index (χ2v) is 7.61. The van der Waals surface area contributed by atoms with E-state index in [0.29, 0.717) is 12.1 Å². The SMILES string of the molecule is COc1ccc(CN2C(=O)c3ccccc3[C@H]2C(=O)NC2CCCCC2)cc1. The van der Waals surface area contributed by atoms with Crippen molar-refractivity contribution in [3.8, 4) is 5.75 Å². The summed E-state index contributed by atoms with van der Waals surface area (Å²) in [6, 6.07) is 14.7. The third-order valence-electron chi connectivity index (χ3n) is 5.77. The second-order valence-electron chi connectivity index (χ2n) is 7.61. The molecule has 1 atom stereocenters. The average molecular weight is 378 g/mol. The Morgan fingerprint density at radius 2 is 1.79 bits per heavy atom. The molecule has 5 nitrogen and oxygen atoms in total. The first kappa shape index (κ1) is 18.5. The molecule has 1 N–H and O–H groups in total. The van der Waals surface area contributed by atoms with Crippen LogP contribution in [0.1, 0.15) is 59.6 Å². The van der Waals surface area contributed by atoms with Crippen molar-refractivity contribution in [3.63, 3.8) is 0 Å². The quantitative estimate of drug-likeness (QED) is 0.860. The van der Waals surface area contributed by atoms with E-state index < -0.39 is 6.04 Å². The van der Waals surface area contributed by atoms with Crippen LogP contribution in [0.3, 0.4) is 0 Å². The van der Waals surface area contributed by atoms with Gasteiger partial charge in [-0.05, 0) is 42.2 Å². The van der Waals surface area contributed by atoms with Crippen molar-refractivity contribution in [2.75, 3.05) is 7.11 Å². The molecular weight excluding hydrogens is 352 g/mol. The lowest BCUT2D eigenvalue weighted by Gasteiger charge is -2.28. The van der Waals surface area contributed by atoms with E-state index in [2.05, 4.69) is 5.32 Å². The van der Waals surface area contributed by atoms with Crippen molar-refractivity contribution in [2.24, 2.45) is 0 Å². The Morgan fingerprint density at radius 1 is 1.07 bits per heavy atom. The fraction of sp³-hybridized carbons (Fsp3) is 0.391. The first-order valence-corrected chi connectivity index (χ1v) is 10.0. The number of nitrogens with zero attached hydrogens (tertiary/aromatic N) is 1. The van der Waals surface area contributed by atoms with Crippen LogP contribution >= 0.6 is 0 Å². The van der Waals surface area contributed by atoms with Crippen LogP contribution in [0.15, 0.2) is 48.5 Å². The smallest absolute Gasteiger partial charge is 0.255 e. The molecule has 2 aromatic carbocycles. The van der Waals surface area contributed by atoms with E-state index >= 15 is 0 Å². The van der Waals surface area contributed by atoms with E-state index in [-0.39, 0.29) is 17.9 Å². The van der Waals surface area contributed by atoms with Crippen LogP contribution in [0.5, 0.6) is 5.75 Å². The molecule has 146 valence electrons. The largest absolute Gasteiger partial charge is 0.497 e. The van der Waals surface area contributed by atoms with E-state index in [9.17, 15) is 9.59 Å². The van der Waals surface area contributed by atoms with Crippen molar-refractivity contribution in [1.82, 2.24) is 10.2 Å². The molecule has 0 aromatic heterocycles. The third kappa shape index (κ3) is 3.61. The fourth-order valence-electron chi connectivity index (χ4n) is 4.27. The number of carbonyl (C=O) groups is 2. The highest BCUT2D eigenvalue weighted by Gasteiger charge is 2.41. The van der Waals surface area contributed by atoms with Crippen molar-refractivity contribution < 1.29 is 14.3 Å². The standard InChI is InChI=1S/C23H26N2O3/c1-28-18-13-11-16(12-14-18)15-25-21(19-9-5-6-10-20(19)23(25)27)22(26)24-17-7-3-2-4-8-17/h5-6,9-14,17,21H,2-4,7-8,15H2,1H3,(H,24,26)/t21-/m0/s1. The molecule has 0 saturated heterocycles. The molecule has 2 aliphatic rings. The first-order valence-electron chi connectivity index (χ1n) is 10.0. The monoisotopic (exact) mass is 378 g/mol. The zero-order valence-electron chi connectivity index (χ0n) is 16.2. The molecule has 2 amide bonds. The number of hydrogen-bond donors (Lipinski definition) is 1. The molecular formula is C23H26N2O3. The van der Waals surface area contributed by atoms with E-state index in [1.54, 1.807) is 12.0 Å². The average Bonchev–Trinajstić information content (AvgIpc) is 3.01. The van der Waals surface area contributed by atoms with Gasteiger partial charge in [0.2, 0.25) is 5.91 Å². The molecule has 0 unspecified atom stereocenters. The van der Waals surface area contributed by atoms with Crippen molar-refractivity contribution in [2.45, 2.75) is 50.7 Å². The van der Waals surface area contributed by atoms with Gasteiger partial charge in [0.15, 0.2) is 0 Å². The summed E-state index contributed by atoms with van der Waals surface area (Å²) in [7, 11) is 1.63. The maximum atomic E-state index is 13.2. The summed E-state index contributed by atoms with van der Waals surface area (Å²) in [4.78, 5) is 27.9. The van der Waals surface area contributed by atoms with Gasteiger partial charge in [-0.15, -0.1) is 0 Å². The molecule has 1 saturated carbocycles. The number of nitrogens with one attached hydrogen (secondary N) is 1. The molecule has 5 heteroatoms. The minimum atomic E-state index is -0.576. The maximum absolute atomic E-state index is 13.2.